The van der Waals surface area contributed by atoms with E-state index in [1.807, 2.05) is 58.0 Å². The number of aryl methyl sites for hydroxylation is 1. The van der Waals surface area contributed by atoms with Crippen LogP contribution in [-0.4, -0.2) is 27.3 Å². The van der Waals surface area contributed by atoms with Crippen LogP contribution in [0.15, 0.2) is 42.6 Å². The van der Waals surface area contributed by atoms with Gasteiger partial charge in [0.05, 0.1) is 17.9 Å². The van der Waals surface area contributed by atoms with Crippen LogP contribution in [0.4, 0.5) is 0 Å². The summed E-state index contributed by atoms with van der Waals surface area (Å²) < 4.78 is 7.22. The maximum absolute atomic E-state index is 12.4. The molecular weight excluding hydrogens is 340 g/mol. The lowest BCUT2D eigenvalue weighted by Gasteiger charge is -2.08. The minimum Gasteiger partial charge on any atom is -0.494 e. The Morgan fingerprint density at radius 1 is 1.11 bits per heavy atom. The summed E-state index contributed by atoms with van der Waals surface area (Å²) in [6.07, 6.45) is 1.58. The highest BCUT2D eigenvalue weighted by Crippen LogP contribution is 2.16. The molecule has 0 aliphatic heterocycles. The largest absolute Gasteiger partial charge is 0.494 e. The van der Waals surface area contributed by atoms with Gasteiger partial charge in [0, 0.05) is 18.4 Å². The quantitative estimate of drug-likeness (QED) is 0.727. The minimum atomic E-state index is -0.160. The van der Waals surface area contributed by atoms with Crippen molar-refractivity contribution in [2.45, 2.75) is 34.2 Å². The molecule has 140 valence electrons. The van der Waals surface area contributed by atoms with E-state index in [1.165, 1.54) is 0 Å². The van der Waals surface area contributed by atoms with Crippen LogP contribution in [0.2, 0.25) is 0 Å². The molecule has 0 aliphatic carbocycles. The van der Waals surface area contributed by atoms with Crippen molar-refractivity contribution in [3.05, 3.63) is 70.7 Å². The fraction of sp³-hybridized carbons (Fsp3) is 0.286. The Balaban J connectivity index is 1.64. The molecule has 0 saturated heterocycles. The average molecular weight is 364 g/mol. The highest BCUT2D eigenvalue weighted by molar-refractivity contribution is 5.93. The monoisotopic (exact) mass is 364 g/mol. The van der Waals surface area contributed by atoms with Gasteiger partial charge in [-0.05, 0) is 63.1 Å². The highest BCUT2D eigenvalue weighted by Gasteiger charge is 2.11. The molecule has 3 aromatic rings. The fourth-order valence-electron chi connectivity index (χ4n) is 2.74. The molecule has 2 heterocycles. The van der Waals surface area contributed by atoms with Crippen molar-refractivity contribution >= 4 is 5.91 Å². The molecule has 27 heavy (non-hydrogen) atoms. The average Bonchev–Trinajstić information content (AvgIpc) is 2.95. The topological polar surface area (TPSA) is 69.0 Å². The SMILES string of the molecule is CCOc1ccc(CNC(=O)c2ccc(-n3nc(C)c(C)c3C)nc2)cc1. The minimum absolute atomic E-state index is 0.160. The number of nitrogens with zero attached hydrogens (tertiary/aromatic N) is 3. The normalized spacial score (nSPS) is 10.7. The Hall–Kier alpha value is -3.15. The van der Waals surface area contributed by atoms with E-state index < -0.39 is 0 Å². The number of hydrogen-bond acceptors (Lipinski definition) is 4. The van der Waals surface area contributed by atoms with Crippen molar-refractivity contribution in [3.63, 3.8) is 0 Å². The van der Waals surface area contributed by atoms with Gasteiger partial charge >= 0.3 is 0 Å². The van der Waals surface area contributed by atoms with Gasteiger partial charge in [-0.3, -0.25) is 4.79 Å². The van der Waals surface area contributed by atoms with Crippen molar-refractivity contribution in [1.82, 2.24) is 20.1 Å². The van der Waals surface area contributed by atoms with Gasteiger partial charge < -0.3 is 10.1 Å². The van der Waals surface area contributed by atoms with E-state index in [1.54, 1.807) is 16.9 Å². The molecule has 6 nitrogen and oxygen atoms in total. The van der Waals surface area contributed by atoms with Gasteiger partial charge in [0.2, 0.25) is 0 Å². The van der Waals surface area contributed by atoms with Gasteiger partial charge in [0.15, 0.2) is 5.82 Å². The zero-order valence-electron chi connectivity index (χ0n) is 16.1. The molecule has 0 fully saturated rings. The molecule has 0 radical (unpaired) electrons. The van der Waals surface area contributed by atoms with Crippen LogP contribution in [0.25, 0.3) is 5.82 Å². The number of amides is 1. The molecule has 3 rings (SSSR count). The number of pyridine rings is 1. The molecule has 0 bridgehead atoms. The Bertz CT molecular complexity index is 928. The molecule has 0 spiro atoms. The van der Waals surface area contributed by atoms with E-state index in [0.29, 0.717) is 24.5 Å². The molecule has 0 aliphatic rings. The molecule has 1 N–H and O–H groups in total. The summed E-state index contributed by atoms with van der Waals surface area (Å²) in [6.45, 7) is 9.05. The van der Waals surface area contributed by atoms with Gasteiger partial charge in [0.1, 0.15) is 5.75 Å². The van der Waals surface area contributed by atoms with Gasteiger partial charge in [-0.25, -0.2) is 9.67 Å². The van der Waals surface area contributed by atoms with Crippen molar-refractivity contribution in [2.24, 2.45) is 0 Å². The van der Waals surface area contributed by atoms with Crippen LogP contribution in [0.1, 0.15) is 39.8 Å². The molecule has 0 atom stereocenters. The standard InChI is InChI=1S/C21H24N4O2/c1-5-27-19-9-6-17(7-10-19)12-23-21(26)18-8-11-20(22-13-18)25-16(4)14(2)15(3)24-25/h6-11,13H,5,12H2,1-4H3,(H,23,26). The number of carbonyl (C=O) groups is 1. The molecule has 6 heteroatoms. The van der Waals surface area contributed by atoms with Crippen molar-refractivity contribution < 1.29 is 9.53 Å². The zero-order valence-corrected chi connectivity index (χ0v) is 16.1. The van der Waals surface area contributed by atoms with Crippen molar-refractivity contribution in [2.75, 3.05) is 6.61 Å². The summed E-state index contributed by atoms with van der Waals surface area (Å²) in [5.74, 6) is 1.37. The third-order valence-electron chi connectivity index (χ3n) is 4.57. The first kappa shape index (κ1) is 18.6. The highest BCUT2D eigenvalue weighted by atomic mass is 16.5. The van der Waals surface area contributed by atoms with E-state index in [4.69, 9.17) is 4.74 Å². The summed E-state index contributed by atoms with van der Waals surface area (Å²) in [4.78, 5) is 16.8. The van der Waals surface area contributed by atoms with Crippen molar-refractivity contribution in [1.29, 1.82) is 0 Å². The summed E-state index contributed by atoms with van der Waals surface area (Å²) in [7, 11) is 0. The first-order valence-electron chi connectivity index (χ1n) is 8.98. The number of aromatic nitrogens is 3. The molecule has 1 amide bonds. The lowest BCUT2D eigenvalue weighted by atomic mass is 10.2. The maximum Gasteiger partial charge on any atom is 0.253 e. The summed E-state index contributed by atoms with van der Waals surface area (Å²) in [5, 5.41) is 7.40. The van der Waals surface area contributed by atoms with Crippen LogP contribution in [0.5, 0.6) is 5.75 Å². The third kappa shape index (κ3) is 4.16. The smallest absolute Gasteiger partial charge is 0.253 e. The fourth-order valence-corrected chi connectivity index (χ4v) is 2.74. The summed E-state index contributed by atoms with van der Waals surface area (Å²) in [5.41, 5.74) is 4.70. The Morgan fingerprint density at radius 3 is 2.41 bits per heavy atom. The van der Waals surface area contributed by atoms with Gasteiger partial charge in [-0.2, -0.15) is 5.10 Å². The van der Waals surface area contributed by atoms with E-state index in [0.717, 1.165) is 28.3 Å². The second-order valence-corrected chi connectivity index (χ2v) is 6.37. The first-order valence-corrected chi connectivity index (χ1v) is 8.98. The van der Waals surface area contributed by atoms with E-state index >= 15 is 0 Å². The van der Waals surface area contributed by atoms with Crippen LogP contribution in [0, 0.1) is 20.8 Å². The second-order valence-electron chi connectivity index (χ2n) is 6.37. The number of hydrogen-bond donors (Lipinski definition) is 1. The van der Waals surface area contributed by atoms with Crippen molar-refractivity contribution in [3.8, 4) is 11.6 Å². The summed E-state index contributed by atoms with van der Waals surface area (Å²) >= 11 is 0. The lowest BCUT2D eigenvalue weighted by Crippen LogP contribution is -2.23. The Labute approximate surface area is 159 Å². The van der Waals surface area contributed by atoms with Gasteiger partial charge in [-0.1, -0.05) is 12.1 Å². The van der Waals surface area contributed by atoms with E-state index in [-0.39, 0.29) is 5.91 Å². The molecule has 2 aromatic heterocycles. The van der Waals surface area contributed by atoms with Crippen LogP contribution in [-0.2, 0) is 6.54 Å². The number of carbonyl (C=O) groups excluding carboxylic acids is 1. The van der Waals surface area contributed by atoms with Crippen LogP contribution < -0.4 is 10.1 Å². The lowest BCUT2D eigenvalue weighted by molar-refractivity contribution is 0.0950. The predicted molar refractivity (Wildman–Crippen MR) is 104 cm³/mol. The molecular formula is C21H24N4O2. The molecule has 0 saturated carbocycles. The zero-order chi connectivity index (χ0) is 19.4. The molecule has 0 unspecified atom stereocenters. The van der Waals surface area contributed by atoms with Gasteiger partial charge in [-0.15, -0.1) is 0 Å². The Kier molecular flexibility index (Phi) is 5.54. The number of ether oxygens (including phenoxy) is 1. The number of benzene rings is 1. The van der Waals surface area contributed by atoms with Crippen LogP contribution >= 0.6 is 0 Å². The van der Waals surface area contributed by atoms with E-state index in [9.17, 15) is 4.79 Å². The first-order chi connectivity index (χ1) is 13.0. The van der Waals surface area contributed by atoms with Gasteiger partial charge in [0.25, 0.3) is 5.91 Å². The van der Waals surface area contributed by atoms with E-state index in [2.05, 4.69) is 15.4 Å². The third-order valence-corrected chi connectivity index (χ3v) is 4.57. The summed E-state index contributed by atoms with van der Waals surface area (Å²) in [6, 6.07) is 11.3. The molecule has 1 aromatic carbocycles. The number of nitrogens with one attached hydrogen (secondary N) is 1. The second kappa shape index (κ2) is 8.03. The Morgan fingerprint density at radius 2 is 1.85 bits per heavy atom. The number of rotatable bonds is 6. The predicted octanol–water partition coefficient (Wildman–Crippen LogP) is 3.52. The maximum atomic E-state index is 12.4. The van der Waals surface area contributed by atoms with Crippen LogP contribution in [0.3, 0.4) is 0 Å².